The van der Waals surface area contributed by atoms with E-state index in [-0.39, 0.29) is 27.6 Å². The van der Waals surface area contributed by atoms with E-state index in [1.54, 1.807) is 6.08 Å². The van der Waals surface area contributed by atoms with Crippen molar-refractivity contribution in [2.75, 3.05) is 11.4 Å². The summed E-state index contributed by atoms with van der Waals surface area (Å²) in [6.45, 7) is 3.83. The molecular formula is C18H12Cl2N2O3. The molecule has 0 fully saturated rings. The van der Waals surface area contributed by atoms with Crippen LogP contribution in [0.25, 0.3) is 0 Å². The van der Waals surface area contributed by atoms with E-state index in [2.05, 4.69) is 11.9 Å². The number of benzene rings is 2. The lowest BCUT2D eigenvalue weighted by atomic mass is 10.1. The molecule has 0 radical (unpaired) electrons. The number of anilines is 1. The number of carbonyl (C=O) groups is 3. The number of nitrogens with zero attached hydrogens (tertiary/aromatic N) is 1. The molecule has 1 N–H and O–H groups in total. The summed E-state index contributed by atoms with van der Waals surface area (Å²) in [7, 11) is 0. The highest BCUT2D eigenvalue weighted by Gasteiger charge is 2.37. The number of hydrogen-bond donors (Lipinski definition) is 1. The molecule has 0 bridgehead atoms. The lowest BCUT2D eigenvalue weighted by Crippen LogP contribution is -2.29. The zero-order valence-electron chi connectivity index (χ0n) is 12.9. The van der Waals surface area contributed by atoms with E-state index in [9.17, 15) is 14.4 Å². The van der Waals surface area contributed by atoms with Crippen molar-refractivity contribution in [1.29, 1.82) is 0 Å². The van der Waals surface area contributed by atoms with Crippen molar-refractivity contribution in [2.24, 2.45) is 0 Å². The molecule has 1 aliphatic heterocycles. The first-order valence-corrected chi connectivity index (χ1v) is 8.06. The molecule has 1 heterocycles. The Balaban J connectivity index is 1.97. The van der Waals surface area contributed by atoms with Gasteiger partial charge in [-0.3, -0.25) is 14.4 Å². The average Bonchev–Trinajstić information content (AvgIpc) is 2.86. The Morgan fingerprint density at radius 3 is 2.44 bits per heavy atom. The molecular weight excluding hydrogens is 363 g/mol. The van der Waals surface area contributed by atoms with Crippen LogP contribution in [0.5, 0.6) is 0 Å². The molecule has 2 aromatic rings. The van der Waals surface area contributed by atoms with Crippen molar-refractivity contribution in [3.8, 4) is 0 Å². The van der Waals surface area contributed by atoms with Gasteiger partial charge < -0.3 is 5.32 Å². The van der Waals surface area contributed by atoms with Crippen LogP contribution >= 0.6 is 23.2 Å². The van der Waals surface area contributed by atoms with E-state index < -0.39 is 11.8 Å². The molecule has 0 atom stereocenters. The molecule has 0 saturated heterocycles. The minimum absolute atomic E-state index is 0.169. The van der Waals surface area contributed by atoms with Gasteiger partial charge in [-0.1, -0.05) is 29.3 Å². The lowest BCUT2D eigenvalue weighted by molar-refractivity contribution is 0.0924. The highest BCUT2D eigenvalue weighted by molar-refractivity contribution is 6.42. The summed E-state index contributed by atoms with van der Waals surface area (Å²) in [5, 5.41) is 3.18. The van der Waals surface area contributed by atoms with Gasteiger partial charge in [-0.2, -0.15) is 0 Å². The molecule has 0 aromatic heterocycles. The van der Waals surface area contributed by atoms with Gasteiger partial charge in [0.15, 0.2) is 0 Å². The van der Waals surface area contributed by atoms with Gasteiger partial charge in [0, 0.05) is 12.1 Å². The number of fused-ring (bicyclic) bond motifs is 1. The monoisotopic (exact) mass is 374 g/mol. The van der Waals surface area contributed by atoms with Gasteiger partial charge in [-0.15, -0.1) is 6.58 Å². The van der Waals surface area contributed by atoms with Crippen molar-refractivity contribution in [3.63, 3.8) is 0 Å². The fourth-order valence-corrected chi connectivity index (χ4v) is 2.80. The van der Waals surface area contributed by atoms with E-state index in [0.29, 0.717) is 17.3 Å². The lowest BCUT2D eigenvalue weighted by Gasteiger charge is -2.14. The molecule has 0 unspecified atom stereocenters. The molecule has 0 spiro atoms. The van der Waals surface area contributed by atoms with E-state index in [0.717, 1.165) is 4.90 Å². The number of amides is 3. The maximum atomic E-state index is 12.7. The third-order valence-electron chi connectivity index (χ3n) is 3.72. The number of imide groups is 1. The van der Waals surface area contributed by atoms with Gasteiger partial charge in [0.05, 0.1) is 26.9 Å². The third-order valence-corrected chi connectivity index (χ3v) is 4.46. The van der Waals surface area contributed by atoms with Crippen molar-refractivity contribution in [2.45, 2.75) is 0 Å². The molecule has 7 heteroatoms. The van der Waals surface area contributed by atoms with Crippen LogP contribution in [0.1, 0.15) is 31.1 Å². The second kappa shape index (κ2) is 6.70. The Bertz CT molecular complexity index is 925. The zero-order chi connectivity index (χ0) is 18.1. The first kappa shape index (κ1) is 17.2. The summed E-state index contributed by atoms with van der Waals surface area (Å²) >= 11 is 11.8. The van der Waals surface area contributed by atoms with Crippen LogP contribution in [0.4, 0.5) is 5.69 Å². The Morgan fingerprint density at radius 2 is 1.76 bits per heavy atom. The third kappa shape index (κ3) is 3.04. The highest BCUT2D eigenvalue weighted by Crippen LogP contribution is 2.33. The van der Waals surface area contributed by atoms with Gasteiger partial charge in [-0.05, 0) is 36.4 Å². The van der Waals surface area contributed by atoms with E-state index in [1.165, 1.54) is 36.4 Å². The van der Waals surface area contributed by atoms with Gasteiger partial charge in [0.25, 0.3) is 17.7 Å². The van der Waals surface area contributed by atoms with Crippen LogP contribution in [0, 0.1) is 0 Å². The summed E-state index contributed by atoms with van der Waals surface area (Å²) in [4.78, 5) is 38.3. The Labute approximate surface area is 153 Å². The van der Waals surface area contributed by atoms with Crippen LogP contribution in [0.2, 0.25) is 10.0 Å². The summed E-state index contributed by atoms with van der Waals surface area (Å²) in [6.07, 6.45) is 1.55. The predicted molar refractivity (Wildman–Crippen MR) is 96.6 cm³/mol. The quantitative estimate of drug-likeness (QED) is 0.655. The second-order valence-corrected chi connectivity index (χ2v) is 6.12. The molecule has 5 nitrogen and oxygen atoms in total. The summed E-state index contributed by atoms with van der Waals surface area (Å²) in [6, 6.07) is 8.87. The van der Waals surface area contributed by atoms with Crippen molar-refractivity contribution >= 4 is 46.6 Å². The molecule has 126 valence electrons. The predicted octanol–water partition coefficient (Wildman–Crippen LogP) is 3.71. The van der Waals surface area contributed by atoms with Crippen molar-refractivity contribution in [3.05, 3.63) is 75.8 Å². The Morgan fingerprint density at radius 1 is 1.04 bits per heavy atom. The van der Waals surface area contributed by atoms with E-state index >= 15 is 0 Å². The maximum Gasteiger partial charge on any atom is 0.266 e. The second-order valence-electron chi connectivity index (χ2n) is 5.30. The van der Waals surface area contributed by atoms with E-state index in [1.807, 2.05) is 0 Å². The normalized spacial score (nSPS) is 13.0. The van der Waals surface area contributed by atoms with Crippen LogP contribution in [-0.4, -0.2) is 24.3 Å². The fourth-order valence-electron chi connectivity index (χ4n) is 2.51. The number of hydrogen-bond acceptors (Lipinski definition) is 3. The average molecular weight is 375 g/mol. The van der Waals surface area contributed by atoms with Crippen molar-refractivity contribution < 1.29 is 14.4 Å². The van der Waals surface area contributed by atoms with Gasteiger partial charge in [0.2, 0.25) is 0 Å². The molecule has 1 aliphatic rings. The minimum atomic E-state index is -0.517. The first-order valence-electron chi connectivity index (χ1n) is 7.31. The molecule has 3 rings (SSSR count). The van der Waals surface area contributed by atoms with Crippen LogP contribution in [0.3, 0.4) is 0 Å². The molecule has 3 amide bonds. The molecule has 2 aromatic carbocycles. The van der Waals surface area contributed by atoms with Crippen LogP contribution in [0.15, 0.2) is 49.1 Å². The Kier molecular flexibility index (Phi) is 4.61. The maximum absolute atomic E-state index is 12.7. The Hall–Kier alpha value is -2.63. The topological polar surface area (TPSA) is 66.5 Å². The van der Waals surface area contributed by atoms with Gasteiger partial charge in [-0.25, -0.2) is 4.90 Å². The number of nitrogens with one attached hydrogen (secondary N) is 1. The summed E-state index contributed by atoms with van der Waals surface area (Å²) in [5.74, 6) is -1.34. The number of halogens is 2. The molecule has 25 heavy (non-hydrogen) atoms. The minimum Gasteiger partial charge on any atom is -0.349 e. The largest absolute Gasteiger partial charge is 0.349 e. The standard InChI is InChI=1S/C18H12Cl2N2O3/c1-2-7-21-16(23)10-3-5-12-13(8-10)18(25)22(17(12)24)11-4-6-14(19)15(20)9-11/h2-6,8-9H,1,7H2,(H,21,23). The van der Waals surface area contributed by atoms with E-state index in [4.69, 9.17) is 23.2 Å². The smallest absolute Gasteiger partial charge is 0.266 e. The van der Waals surface area contributed by atoms with Gasteiger partial charge >= 0.3 is 0 Å². The fraction of sp³-hybridized carbons (Fsp3) is 0.0556. The number of rotatable bonds is 4. The van der Waals surface area contributed by atoms with Crippen molar-refractivity contribution in [1.82, 2.24) is 5.32 Å². The van der Waals surface area contributed by atoms with Gasteiger partial charge in [0.1, 0.15) is 0 Å². The van der Waals surface area contributed by atoms with Crippen LogP contribution in [-0.2, 0) is 0 Å². The molecule has 0 saturated carbocycles. The summed E-state index contributed by atoms with van der Waals surface area (Å²) < 4.78 is 0. The summed E-state index contributed by atoms with van der Waals surface area (Å²) in [5.41, 5.74) is 1.01. The highest BCUT2D eigenvalue weighted by atomic mass is 35.5. The number of carbonyl (C=O) groups excluding carboxylic acids is 3. The molecule has 0 aliphatic carbocycles. The first-order chi connectivity index (χ1) is 11.9. The van der Waals surface area contributed by atoms with Crippen LogP contribution < -0.4 is 10.2 Å². The zero-order valence-corrected chi connectivity index (χ0v) is 14.4. The SMILES string of the molecule is C=CCNC(=O)c1ccc2c(c1)C(=O)N(c1ccc(Cl)c(Cl)c1)C2=O.